The first-order valence-corrected chi connectivity index (χ1v) is 6.81. The summed E-state index contributed by atoms with van der Waals surface area (Å²) >= 11 is 6.08. The molecule has 2 aromatic rings. The maximum absolute atomic E-state index is 11.4. The van der Waals surface area contributed by atoms with Crippen molar-refractivity contribution in [1.29, 1.82) is 0 Å². The molecule has 0 spiro atoms. The smallest absolute Gasteiger partial charge is 0.161 e. The van der Waals surface area contributed by atoms with E-state index in [2.05, 4.69) is 5.32 Å². The highest BCUT2D eigenvalue weighted by molar-refractivity contribution is 6.31. The van der Waals surface area contributed by atoms with Gasteiger partial charge in [-0.1, -0.05) is 11.6 Å². The van der Waals surface area contributed by atoms with Crippen LogP contribution < -0.4 is 15.8 Å². The maximum Gasteiger partial charge on any atom is 0.161 e. The van der Waals surface area contributed by atoms with Crippen LogP contribution in [-0.4, -0.2) is 12.9 Å². The molecular formula is C16H17ClN2O2. The molecule has 3 N–H and O–H groups in total. The van der Waals surface area contributed by atoms with Gasteiger partial charge in [-0.15, -0.1) is 0 Å². The number of carbonyl (C=O) groups is 1. The number of carbonyl (C=O) groups excluding carboxylic acids is 1. The number of methoxy groups -OCH3 is 1. The van der Waals surface area contributed by atoms with Crippen molar-refractivity contribution in [1.82, 2.24) is 0 Å². The first-order chi connectivity index (χ1) is 9.92. The third-order valence-corrected chi connectivity index (χ3v) is 3.60. The zero-order valence-corrected chi connectivity index (χ0v) is 12.9. The van der Waals surface area contributed by atoms with Crippen molar-refractivity contribution in [3.63, 3.8) is 0 Å². The van der Waals surface area contributed by atoms with Crippen molar-refractivity contribution in [2.45, 2.75) is 13.8 Å². The van der Waals surface area contributed by atoms with Crippen molar-refractivity contribution < 1.29 is 9.53 Å². The molecule has 0 amide bonds. The van der Waals surface area contributed by atoms with Crippen LogP contribution in [0.5, 0.6) is 5.75 Å². The molecule has 0 aliphatic carbocycles. The zero-order chi connectivity index (χ0) is 15.6. The lowest BCUT2D eigenvalue weighted by molar-refractivity contribution is 0.101. The van der Waals surface area contributed by atoms with Gasteiger partial charge < -0.3 is 15.8 Å². The lowest BCUT2D eigenvalue weighted by Gasteiger charge is -2.14. The Morgan fingerprint density at radius 1 is 1.29 bits per heavy atom. The van der Waals surface area contributed by atoms with Crippen molar-refractivity contribution in [2.24, 2.45) is 0 Å². The highest BCUT2D eigenvalue weighted by Crippen LogP contribution is 2.33. The number of hydrogen-bond donors (Lipinski definition) is 2. The lowest BCUT2D eigenvalue weighted by Crippen LogP contribution is -2.01. The van der Waals surface area contributed by atoms with Gasteiger partial charge in [-0.3, -0.25) is 4.79 Å². The minimum Gasteiger partial charge on any atom is -0.495 e. The molecule has 2 rings (SSSR count). The van der Waals surface area contributed by atoms with E-state index in [1.54, 1.807) is 31.4 Å². The molecule has 0 aliphatic heterocycles. The van der Waals surface area contributed by atoms with E-state index >= 15 is 0 Å². The molecule has 21 heavy (non-hydrogen) atoms. The largest absolute Gasteiger partial charge is 0.495 e. The van der Waals surface area contributed by atoms with Gasteiger partial charge in [0.1, 0.15) is 5.75 Å². The summed E-state index contributed by atoms with van der Waals surface area (Å²) in [4.78, 5) is 11.4. The van der Waals surface area contributed by atoms with E-state index in [9.17, 15) is 4.79 Å². The number of nitrogens with two attached hydrogens (primary N) is 1. The van der Waals surface area contributed by atoms with Crippen molar-refractivity contribution >= 4 is 34.4 Å². The summed E-state index contributed by atoms with van der Waals surface area (Å²) in [5.74, 6) is 0.582. The monoisotopic (exact) mass is 304 g/mol. The van der Waals surface area contributed by atoms with Gasteiger partial charge in [0.2, 0.25) is 0 Å². The van der Waals surface area contributed by atoms with E-state index in [-0.39, 0.29) is 5.78 Å². The average Bonchev–Trinajstić information content (AvgIpc) is 2.42. The van der Waals surface area contributed by atoms with Gasteiger partial charge in [0.05, 0.1) is 12.8 Å². The Balaban J connectivity index is 2.36. The molecule has 0 saturated heterocycles. The molecule has 0 aliphatic rings. The van der Waals surface area contributed by atoms with Gasteiger partial charge in [-0.25, -0.2) is 0 Å². The highest BCUT2D eigenvalue weighted by atomic mass is 35.5. The molecule has 0 bridgehead atoms. The third kappa shape index (κ3) is 3.28. The number of nitrogen functional groups attached to an aromatic ring is 1. The van der Waals surface area contributed by atoms with Gasteiger partial charge in [-0.05, 0) is 43.7 Å². The molecule has 5 heteroatoms. The van der Waals surface area contributed by atoms with Crippen LogP contribution in [0.2, 0.25) is 5.02 Å². The summed E-state index contributed by atoms with van der Waals surface area (Å²) in [6, 6.07) is 8.88. The van der Waals surface area contributed by atoms with E-state index in [4.69, 9.17) is 22.1 Å². The van der Waals surface area contributed by atoms with Crippen molar-refractivity contribution in [3.05, 3.63) is 46.5 Å². The summed E-state index contributed by atoms with van der Waals surface area (Å²) in [6.07, 6.45) is 0. The number of nitrogens with one attached hydrogen (secondary N) is 1. The fourth-order valence-electron chi connectivity index (χ4n) is 2.05. The Hall–Kier alpha value is -2.20. The Morgan fingerprint density at radius 2 is 2.00 bits per heavy atom. The van der Waals surface area contributed by atoms with E-state index in [0.29, 0.717) is 22.0 Å². The maximum atomic E-state index is 11.4. The minimum absolute atomic E-state index is 0.0565. The summed E-state index contributed by atoms with van der Waals surface area (Å²) < 4.78 is 5.31. The molecule has 0 fully saturated rings. The minimum atomic E-state index is -0.0565. The van der Waals surface area contributed by atoms with Crippen LogP contribution in [0.25, 0.3) is 0 Å². The Labute approximate surface area is 128 Å². The van der Waals surface area contributed by atoms with Crippen LogP contribution in [0.4, 0.5) is 17.1 Å². The second kappa shape index (κ2) is 6.06. The van der Waals surface area contributed by atoms with Crippen LogP contribution in [-0.2, 0) is 0 Å². The number of ketones is 1. The third-order valence-electron chi connectivity index (χ3n) is 3.19. The first kappa shape index (κ1) is 15.2. The van der Waals surface area contributed by atoms with Crippen LogP contribution in [0.1, 0.15) is 22.8 Å². The SMILES string of the molecule is COc1cc(Cl)c(C)cc1Nc1ccc(C(C)=O)c(N)c1. The summed E-state index contributed by atoms with van der Waals surface area (Å²) in [5.41, 5.74) is 9.34. The molecule has 0 aromatic heterocycles. The standard InChI is InChI=1S/C16H17ClN2O2/c1-9-6-15(16(21-3)8-13(9)17)19-11-4-5-12(10(2)20)14(18)7-11/h4-8,19H,18H2,1-3H3. The predicted molar refractivity (Wildman–Crippen MR) is 86.9 cm³/mol. The normalized spacial score (nSPS) is 10.3. The van der Waals surface area contributed by atoms with E-state index in [0.717, 1.165) is 16.9 Å². The van der Waals surface area contributed by atoms with Crippen LogP contribution >= 0.6 is 11.6 Å². The number of aryl methyl sites for hydroxylation is 1. The Kier molecular flexibility index (Phi) is 4.38. The molecule has 0 radical (unpaired) electrons. The summed E-state index contributed by atoms with van der Waals surface area (Å²) in [6.45, 7) is 3.41. The second-order valence-corrected chi connectivity index (χ2v) is 5.19. The number of anilines is 3. The number of hydrogen-bond acceptors (Lipinski definition) is 4. The fraction of sp³-hybridized carbons (Fsp3) is 0.188. The molecule has 0 saturated carbocycles. The van der Waals surface area contributed by atoms with E-state index in [1.807, 2.05) is 13.0 Å². The van der Waals surface area contributed by atoms with Gasteiger partial charge >= 0.3 is 0 Å². The van der Waals surface area contributed by atoms with Gasteiger partial charge in [0, 0.05) is 28.0 Å². The van der Waals surface area contributed by atoms with Crippen molar-refractivity contribution in [2.75, 3.05) is 18.2 Å². The van der Waals surface area contributed by atoms with E-state index in [1.165, 1.54) is 6.92 Å². The van der Waals surface area contributed by atoms with Crippen LogP contribution in [0, 0.1) is 6.92 Å². The van der Waals surface area contributed by atoms with E-state index < -0.39 is 0 Å². The number of rotatable bonds is 4. The molecule has 110 valence electrons. The molecule has 2 aromatic carbocycles. The predicted octanol–water partition coefficient (Wildman–Crippen LogP) is 4.19. The topological polar surface area (TPSA) is 64.3 Å². The van der Waals surface area contributed by atoms with Gasteiger partial charge in [0.15, 0.2) is 5.78 Å². The van der Waals surface area contributed by atoms with Crippen molar-refractivity contribution in [3.8, 4) is 5.75 Å². The Morgan fingerprint density at radius 3 is 2.57 bits per heavy atom. The molecular weight excluding hydrogens is 288 g/mol. The van der Waals surface area contributed by atoms with Gasteiger partial charge in [0.25, 0.3) is 0 Å². The first-order valence-electron chi connectivity index (χ1n) is 6.44. The number of benzene rings is 2. The van der Waals surface area contributed by atoms with Gasteiger partial charge in [-0.2, -0.15) is 0 Å². The molecule has 0 heterocycles. The average molecular weight is 305 g/mol. The lowest BCUT2D eigenvalue weighted by atomic mass is 10.1. The number of halogens is 1. The number of ether oxygens (including phenoxy) is 1. The van der Waals surface area contributed by atoms with Crippen LogP contribution in [0.3, 0.4) is 0 Å². The molecule has 0 unspecified atom stereocenters. The second-order valence-electron chi connectivity index (χ2n) is 4.78. The zero-order valence-electron chi connectivity index (χ0n) is 12.2. The molecule has 4 nitrogen and oxygen atoms in total. The number of Topliss-reactive ketones (excluding diaryl/α,β-unsaturated/α-hetero) is 1. The Bertz CT molecular complexity index is 699. The van der Waals surface area contributed by atoms with Crippen LogP contribution in [0.15, 0.2) is 30.3 Å². The molecule has 0 atom stereocenters. The fourth-order valence-corrected chi connectivity index (χ4v) is 2.20. The summed E-state index contributed by atoms with van der Waals surface area (Å²) in [5, 5.41) is 3.87. The summed E-state index contributed by atoms with van der Waals surface area (Å²) in [7, 11) is 1.58. The highest BCUT2D eigenvalue weighted by Gasteiger charge is 2.09. The quantitative estimate of drug-likeness (QED) is 0.657.